The molecule has 3 aliphatic heterocycles. The van der Waals surface area contributed by atoms with E-state index in [4.69, 9.17) is 30.8 Å². The number of hydrogen-bond donors (Lipinski definition) is 3. The number of carbonyl (C=O) groups is 2. The SMILES string of the molecule is C.CC.CC.CC.NC(=O)CC1CCc2ccccc2O1.NCCC1CCc2ccccc2O1.O=C(O)CC1CCc2ccccc2O1.[CH2-]I.[CH3-].[V].[V]. The van der Waals surface area contributed by atoms with Crippen LogP contribution in [0.15, 0.2) is 72.8 Å². The Hall–Kier alpha value is -2.14. The summed E-state index contributed by atoms with van der Waals surface area (Å²) in [4.78, 5) is 24.4. The summed E-state index contributed by atoms with van der Waals surface area (Å²) in [6.07, 6.45) is 7.28. The van der Waals surface area contributed by atoms with Gasteiger partial charge in [-0.3, -0.25) is 14.5 Å². The van der Waals surface area contributed by atoms with Gasteiger partial charge in [0.25, 0.3) is 0 Å². The molecule has 5 N–H and O–H groups in total. The van der Waals surface area contributed by atoms with Gasteiger partial charge in [-0.05, 0) is 86.4 Å². The molecule has 3 aromatic rings. The van der Waals surface area contributed by atoms with Crippen LogP contribution < -0.4 is 25.7 Å². The summed E-state index contributed by atoms with van der Waals surface area (Å²) in [6.45, 7) is 12.7. The number of aryl methyl sites for hydroxylation is 3. The predicted octanol–water partition coefficient (Wildman–Crippen LogP) is 10.2. The zero-order valence-electron chi connectivity index (χ0n) is 32.4. The molecule has 6 rings (SSSR count). The number of primary amides is 1. The van der Waals surface area contributed by atoms with Crippen molar-refractivity contribution < 1.29 is 66.0 Å². The van der Waals surface area contributed by atoms with Gasteiger partial charge in [0.2, 0.25) is 5.91 Å². The fraction of sp³-hybridized carbons (Fsp3) is 0.476. The molecule has 11 heteroatoms. The fourth-order valence-corrected chi connectivity index (χ4v) is 5.24. The minimum atomic E-state index is -0.797. The van der Waals surface area contributed by atoms with Gasteiger partial charge in [-0.2, -0.15) is 0 Å². The maximum Gasteiger partial charge on any atom is 0.307 e. The molecular formula is C42H67IN2O6V2-2. The molecule has 0 aliphatic carbocycles. The van der Waals surface area contributed by atoms with E-state index in [1.54, 1.807) is 0 Å². The Bertz CT molecular complexity index is 1250. The molecule has 3 atom stereocenters. The molecule has 300 valence electrons. The number of carboxylic acids is 1. The van der Waals surface area contributed by atoms with Crippen LogP contribution in [0.3, 0.4) is 0 Å². The number of hydrogen-bond acceptors (Lipinski definition) is 6. The van der Waals surface area contributed by atoms with Gasteiger partial charge in [-0.15, -0.1) is 0 Å². The van der Waals surface area contributed by atoms with Gasteiger partial charge in [-0.1, -0.05) is 104 Å². The smallest absolute Gasteiger partial charge is 0.307 e. The van der Waals surface area contributed by atoms with Crippen LogP contribution in [-0.2, 0) is 66.0 Å². The second kappa shape index (κ2) is 38.1. The molecule has 3 aliphatic rings. The molecule has 0 fully saturated rings. The van der Waals surface area contributed by atoms with Gasteiger partial charge in [0.15, 0.2) is 0 Å². The molecule has 2 radical (unpaired) electrons. The average molecular weight is 925 g/mol. The zero-order chi connectivity index (χ0) is 37.0. The van der Waals surface area contributed by atoms with Crippen molar-refractivity contribution in [2.45, 2.75) is 125 Å². The summed E-state index contributed by atoms with van der Waals surface area (Å²) in [5.74, 6) is 1.69. The van der Waals surface area contributed by atoms with Crippen molar-refractivity contribution in [3.05, 3.63) is 102 Å². The number of carbonyl (C=O) groups excluding carboxylic acids is 1. The Morgan fingerprint density at radius 3 is 1.28 bits per heavy atom. The largest absolute Gasteiger partial charge is 0.490 e. The molecule has 1 amide bonds. The fourth-order valence-electron chi connectivity index (χ4n) is 5.24. The van der Waals surface area contributed by atoms with E-state index < -0.39 is 5.97 Å². The van der Waals surface area contributed by atoms with E-state index in [1.807, 2.05) is 119 Å². The molecule has 0 aromatic heterocycles. The number of benzene rings is 3. The van der Waals surface area contributed by atoms with E-state index in [9.17, 15) is 9.59 Å². The first-order valence-electron chi connectivity index (χ1n) is 17.6. The van der Waals surface area contributed by atoms with Crippen LogP contribution >= 0.6 is 22.6 Å². The standard InChI is InChI=1S/C11H13NO2.C11H15NO.C11H12O3.3C2H6.CH2I.CH4.CH3.2V/c12-11(13)7-9-6-5-8-3-1-2-4-10(8)14-9;12-8-7-10-6-5-9-3-1-2-4-11(9)13-10;12-11(13)7-9-6-5-8-3-1-2-4-10(8)14-9;4*1-2;;;;/h1-4,9H,5-7H2,(H2,12,13);1-4,10H,5-8,12H2;1-4,9H,5-7H2,(H,12,13);3*1-2H3;1H2;1H4;1H3;;/q;;;;;;-1;;-1;;. The summed E-state index contributed by atoms with van der Waals surface area (Å²) >= 11 is 1.90. The maximum absolute atomic E-state index is 10.7. The third-order valence-corrected chi connectivity index (χ3v) is 7.33. The summed E-state index contributed by atoms with van der Waals surface area (Å²) in [5, 5.41) is 8.63. The second-order valence-electron chi connectivity index (χ2n) is 10.5. The van der Waals surface area contributed by atoms with E-state index >= 15 is 0 Å². The van der Waals surface area contributed by atoms with Gasteiger partial charge in [-0.25, -0.2) is 0 Å². The number of amides is 1. The van der Waals surface area contributed by atoms with Crippen LogP contribution in [0.25, 0.3) is 0 Å². The van der Waals surface area contributed by atoms with E-state index in [-0.39, 0.29) is 76.5 Å². The number of rotatable bonds is 6. The van der Waals surface area contributed by atoms with Gasteiger partial charge >= 0.3 is 5.97 Å². The number of fused-ring (bicyclic) bond motifs is 3. The van der Waals surface area contributed by atoms with Crippen LogP contribution in [0.2, 0.25) is 0 Å². The molecule has 3 heterocycles. The van der Waals surface area contributed by atoms with Crippen LogP contribution in [0.1, 0.15) is 104 Å². The third kappa shape index (κ3) is 24.1. The summed E-state index contributed by atoms with van der Waals surface area (Å²) in [6, 6.07) is 24.0. The quantitative estimate of drug-likeness (QED) is 0.166. The van der Waals surface area contributed by atoms with Crippen LogP contribution in [-0.4, -0.2) is 41.8 Å². The molecule has 0 bridgehead atoms. The minimum absolute atomic E-state index is 0. The molecular weight excluding hydrogens is 857 g/mol. The molecule has 0 saturated heterocycles. The van der Waals surface area contributed by atoms with Crippen molar-refractivity contribution in [2.24, 2.45) is 11.5 Å². The second-order valence-corrected chi connectivity index (χ2v) is 10.5. The summed E-state index contributed by atoms with van der Waals surface area (Å²) in [7, 11) is 0. The number of ether oxygens (including phenoxy) is 3. The van der Waals surface area contributed by atoms with Crippen molar-refractivity contribution in [1.29, 1.82) is 0 Å². The molecule has 0 spiro atoms. The first-order valence-corrected chi connectivity index (χ1v) is 19.1. The van der Waals surface area contributed by atoms with Crippen molar-refractivity contribution in [2.75, 3.05) is 6.54 Å². The molecule has 3 unspecified atom stereocenters. The van der Waals surface area contributed by atoms with Gasteiger partial charge in [0.1, 0.15) is 35.6 Å². The van der Waals surface area contributed by atoms with Gasteiger partial charge < -0.3 is 60.8 Å². The summed E-state index contributed by atoms with van der Waals surface area (Å²) < 4.78 is 17.0. The Balaban J connectivity index is -0.000000192. The van der Waals surface area contributed by atoms with Crippen LogP contribution in [0.5, 0.6) is 17.2 Å². The minimum Gasteiger partial charge on any atom is -0.490 e. The molecule has 8 nitrogen and oxygen atoms in total. The van der Waals surface area contributed by atoms with Gasteiger partial charge in [0.05, 0.1) is 12.8 Å². The molecule has 3 aromatic carbocycles. The number of carboxylic acid groups (broad SMARTS) is 1. The number of nitrogens with two attached hydrogens (primary N) is 2. The number of halogens is 1. The topological polar surface area (TPSA) is 134 Å². The first-order chi connectivity index (χ1) is 23.9. The van der Waals surface area contributed by atoms with E-state index in [1.165, 1.54) is 16.7 Å². The van der Waals surface area contributed by atoms with Crippen molar-refractivity contribution in [1.82, 2.24) is 0 Å². The Kier molecular flexibility index (Phi) is 43.3. The zero-order valence-corrected chi connectivity index (χ0v) is 37.3. The van der Waals surface area contributed by atoms with Crippen molar-refractivity contribution >= 4 is 34.5 Å². The van der Waals surface area contributed by atoms with Crippen LogP contribution in [0.4, 0.5) is 0 Å². The molecule has 53 heavy (non-hydrogen) atoms. The van der Waals surface area contributed by atoms with Gasteiger partial charge in [0, 0.05) is 37.1 Å². The Labute approximate surface area is 360 Å². The number of para-hydroxylation sites is 3. The average Bonchev–Trinajstić information content (AvgIpc) is 3.15. The van der Waals surface area contributed by atoms with E-state index in [0.717, 1.165) is 62.2 Å². The first kappa shape index (κ1) is 60.1. The predicted molar refractivity (Wildman–Crippen MR) is 224 cm³/mol. The number of aliphatic carboxylic acids is 1. The van der Waals surface area contributed by atoms with Crippen molar-refractivity contribution in [3.63, 3.8) is 0 Å². The molecule has 0 saturated carbocycles. The van der Waals surface area contributed by atoms with Crippen molar-refractivity contribution in [3.8, 4) is 17.2 Å². The monoisotopic (exact) mass is 924 g/mol. The Morgan fingerprint density at radius 1 is 0.660 bits per heavy atom. The van der Waals surface area contributed by atoms with E-state index in [0.29, 0.717) is 19.1 Å². The van der Waals surface area contributed by atoms with E-state index in [2.05, 4.69) is 23.1 Å². The Morgan fingerprint density at radius 2 is 0.962 bits per heavy atom. The third-order valence-electron chi connectivity index (χ3n) is 7.33. The maximum atomic E-state index is 10.7. The van der Waals surface area contributed by atoms with Crippen LogP contribution in [0, 0.1) is 12.4 Å². The summed E-state index contributed by atoms with van der Waals surface area (Å²) in [5.41, 5.74) is 14.3. The normalized spacial score (nSPS) is 15.8.